The summed E-state index contributed by atoms with van der Waals surface area (Å²) in [4.78, 5) is 15.6. The summed E-state index contributed by atoms with van der Waals surface area (Å²) in [6, 6.07) is 10.6. The lowest BCUT2D eigenvalue weighted by Crippen LogP contribution is -2.43. The van der Waals surface area contributed by atoms with Crippen LogP contribution in [0.5, 0.6) is 0 Å². The second-order valence-electron chi connectivity index (χ2n) is 11.3. The summed E-state index contributed by atoms with van der Waals surface area (Å²) in [6.45, 7) is 3.72. The number of ether oxygens (including phenoxy) is 1. The molecule has 0 N–H and O–H groups in total. The largest absolute Gasteiger partial charge is 0.418 e. The van der Waals surface area contributed by atoms with Crippen molar-refractivity contribution in [2.75, 3.05) is 19.7 Å². The number of alkyl halides is 3. The molecule has 2 aliphatic rings. The highest BCUT2D eigenvalue weighted by atomic mass is 19.4. The second kappa shape index (κ2) is 10.2. The molecular formula is C29H30F3N7O2. The molecule has 12 heteroatoms. The van der Waals surface area contributed by atoms with Crippen LogP contribution < -0.4 is 5.69 Å². The molecule has 1 saturated heterocycles. The molecule has 214 valence electrons. The number of morpholine rings is 1. The molecule has 1 aliphatic heterocycles. The molecule has 1 saturated carbocycles. The number of imidazole rings is 1. The minimum atomic E-state index is -4.66. The van der Waals surface area contributed by atoms with E-state index < -0.39 is 17.4 Å². The average molecular weight is 566 g/mol. The first-order valence-electron chi connectivity index (χ1n) is 13.6. The Morgan fingerprint density at radius 2 is 2.02 bits per heavy atom. The van der Waals surface area contributed by atoms with Crippen molar-refractivity contribution in [2.45, 2.75) is 50.4 Å². The predicted molar refractivity (Wildman–Crippen MR) is 143 cm³/mol. The predicted octanol–water partition coefficient (Wildman–Crippen LogP) is 4.07. The van der Waals surface area contributed by atoms with Crippen LogP contribution in [0.25, 0.3) is 11.2 Å². The maximum absolute atomic E-state index is 14.3. The van der Waals surface area contributed by atoms with Gasteiger partial charge in [0.05, 0.1) is 47.4 Å². The van der Waals surface area contributed by atoms with Crippen LogP contribution in [0.2, 0.25) is 0 Å². The highest BCUT2D eigenvalue weighted by molar-refractivity contribution is 5.58. The van der Waals surface area contributed by atoms with Crippen molar-refractivity contribution < 1.29 is 17.9 Å². The third kappa shape index (κ3) is 4.83. The Kier molecular flexibility index (Phi) is 6.74. The fourth-order valence-electron chi connectivity index (χ4n) is 6.50. The van der Waals surface area contributed by atoms with E-state index in [1.807, 2.05) is 34.7 Å². The Labute approximate surface area is 234 Å². The number of aryl methyl sites for hydroxylation is 1. The topological polar surface area (TPSA) is 93.4 Å². The molecule has 6 rings (SSSR count). The van der Waals surface area contributed by atoms with E-state index in [0.717, 1.165) is 34.7 Å². The van der Waals surface area contributed by atoms with Gasteiger partial charge in [-0.15, -0.1) is 10.2 Å². The molecule has 1 aliphatic carbocycles. The highest BCUT2D eigenvalue weighted by Crippen LogP contribution is 2.51. The van der Waals surface area contributed by atoms with Gasteiger partial charge < -0.3 is 9.30 Å². The van der Waals surface area contributed by atoms with Crippen LogP contribution >= 0.6 is 0 Å². The van der Waals surface area contributed by atoms with Crippen LogP contribution in [0.3, 0.4) is 0 Å². The van der Waals surface area contributed by atoms with Gasteiger partial charge in [-0.25, -0.2) is 4.79 Å². The van der Waals surface area contributed by atoms with Crippen molar-refractivity contribution in [2.24, 2.45) is 13.0 Å². The third-order valence-electron chi connectivity index (χ3n) is 8.29. The van der Waals surface area contributed by atoms with Gasteiger partial charge >= 0.3 is 11.9 Å². The molecule has 4 heterocycles. The van der Waals surface area contributed by atoms with Crippen LogP contribution in [0.4, 0.5) is 13.2 Å². The number of pyridine rings is 1. The lowest BCUT2D eigenvalue weighted by Gasteiger charge is -2.46. The molecule has 0 radical (unpaired) electrons. The summed E-state index contributed by atoms with van der Waals surface area (Å²) in [5.41, 5.74) is -0.241. The van der Waals surface area contributed by atoms with Crippen molar-refractivity contribution >= 4 is 5.52 Å². The van der Waals surface area contributed by atoms with Crippen molar-refractivity contribution in [3.8, 4) is 11.8 Å². The van der Waals surface area contributed by atoms with Crippen molar-refractivity contribution in [1.29, 1.82) is 5.26 Å². The maximum atomic E-state index is 14.3. The van der Waals surface area contributed by atoms with E-state index in [2.05, 4.69) is 23.2 Å². The van der Waals surface area contributed by atoms with Gasteiger partial charge in [-0.05, 0) is 48.1 Å². The van der Waals surface area contributed by atoms with Gasteiger partial charge in [0, 0.05) is 39.1 Å². The van der Waals surface area contributed by atoms with E-state index >= 15 is 0 Å². The molecule has 2 fully saturated rings. The van der Waals surface area contributed by atoms with Crippen LogP contribution in [-0.4, -0.2) is 54.4 Å². The fraction of sp³-hybridized carbons (Fsp3) is 0.448. The van der Waals surface area contributed by atoms with Crippen LogP contribution in [-0.2, 0) is 29.9 Å². The summed E-state index contributed by atoms with van der Waals surface area (Å²) >= 11 is 0. The number of aromatic nitrogens is 5. The summed E-state index contributed by atoms with van der Waals surface area (Å²) < 4.78 is 52.7. The molecule has 0 unspecified atom stereocenters. The number of benzene rings is 1. The summed E-state index contributed by atoms with van der Waals surface area (Å²) in [7, 11) is 1.89. The number of nitrogens with zero attached hydrogens (tertiary/aromatic N) is 7. The van der Waals surface area contributed by atoms with Crippen LogP contribution in [0.15, 0.2) is 53.8 Å². The Morgan fingerprint density at radius 3 is 2.71 bits per heavy atom. The van der Waals surface area contributed by atoms with Crippen molar-refractivity contribution in [3.05, 3.63) is 82.1 Å². The minimum absolute atomic E-state index is 0.204. The minimum Gasteiger partial charge on any atom is -0.374 e. The molecule has 0 spiro atoms. The molecule has 1 atom stereocenters. The van der Waals surface area contributed by atoms with Gasteiger partial charge in [-0.2, -0.15) is 18.4 Å². The molecule has 9 nitrogen and oxygen atoms in total. The van der Waals surface area contributed by atoms with Crippen LogP contribution in [0, 0.1) is 17.2 Å². The first kappa shape index (κ1) is 27.2. The second-order valence-corrected chi connectivity index (χ2v) is 11.3. The molecule has 0 amide bonds. The van der Waals surface area contributed by atoms with Crippen LogP contribution in [0.1, 0.15) is 48.7 Å². The molecule has 41 heavy (non-hydrogen) atoms. The normalized spacial score (nSPS) is 23.4. The summed E-state index contributed by atoms with van der Waals surface area (Å²) in [6.07, 6.45) is 1.38. The lowest BCUT2D eigenvalue weighted by molar-refractivity contribution is -0.136. The Balaban J connectivity index is 1.41. The van der Waals surface area contributed by atoms with E-state index in [1.165, 1.54) is 17.0 Å². The van der Waals surface area contributed by atoms with Gasteiger partial charge in [0.2, 0.25) is 0 Å². The van der Waals surface area contributed by atoms with E-state index in [9.17, 15) is 18.0 Å². The number of nitriles is 1. The Morgan fingerprint density at radius 1 is 1.22 bits per heavy atom. The SMILES string of the molecule is CC1CC(c2cccc(-n3cc4c(C(F)(F)F)cc(CN5CCO[C@H](CC#N)C5)cn4c3=O)c2)(c2nncn2C)C1. The number of fused-ring (bicyclic) bond motifs is 1. The van der Waals surface area contributed by atoms with Crippen molar-refractivity contribution in [1.82, 2.24) is 28.6 Å². The van der Waals surface area contributed by atoms with E-state index in [1.54, 1.807) is 12.4 Å². The highest BCUT2D eigenvalue weighted by Gasteiger charge is 2.48. The number of hydrogen-bond acceptors (Lipinski definition) is 6. The van der Waals surface area contributed by atoms with Crippen molar-refractivity contribution in [3.63, 3.8) is 0 Å². The average Bonchev–Trinajstić information content (AvgIpc) is 3.49. The number of halogens is 3. The fourth-order valence-corrected chi connectivity index (χ4v) is 6.50. The summed E-state index contributed by atoms with van der Waals surface area (Å²) in [5.74, 6) is 1.30. The standard InChI is InChI=1S/C29H30F3N7O2/c1-19-12-28(13-19,26-35-34-18-36(26)2)21-4-3-5-22(11-21)38-17-25-24(29(30,31)32)10-20(15-39(25)27(38)40)14-37-8-9-41-23(16-37)6-7-33/h3-5,10-11,15,17-19,23H,6,8-9,12-14,16H2,1-2H3/t19?,23-,28?/m1/s1. The lowest BCUT2D eigenvalue weighted by atomic mass is 9.58. The molecule has 1 aromatic carbocycles. The van der Waals surface area contributed by atoms with E-state index in [0.29, 0.717) is 36.9 Å². The van der Waals surface area contributed by atoms with Gasteiger partial charge in [-0.3, -0.25) is 13.9 Å². The zero-order valence-corrected chi connectivity index (χ0v) is 22.8. The first-order valence-corrected chi connectivity index (χ1v) is 13.6. The number of rotatable bonds is 6. The van der Waals surface area contributed by atoms with Gasteiger partial charge in [0.25, 0.3) is 0 Å². The zero-order chi connectivity index (χ0) is 28.9. The maximum Gasteiger partial charge on any atom is 0.418 e. The Bertz CT molecular complexity index is 1690. The third-order valence-corrected chi connectivity index (χ3v) is 8.29. The smallest absolute Gasteiger partial charge is 0.374 e. The Hall–Kier alpha value is -3.95. The molecule has 0 bridgehead atoms. The first-order chi connectivity index (χ1) is 19.6. The van der Waals surface area contributed by atoms with E-state index in [-0.39, 0.29) is 30.0 Å². The monoisotopic (exact) mass is 565 g/mol. The van der Waals surface area contributed by atoms with Gasteiger partial charge in [0.15, 0.2) is 0 Å². The molecular weight excluding hydrogens is 535 g/mol. The van der Waals surface area contributed by atoms with E-state index in [4.69, 9.17) is 10.00 Å². The molecule has 4 aromatic rings. The number of hydrogen-bond donors (Lipinski definition) is 0. The summed E-state index contributed by atoms with van der Waals surface area (Å²) in [5, 5.41) is 17.4. The zero-order valence-electron chi connectivity index (χ0n) is 22.8. The quantitative estimate of drug-likeness (QED) is 0.350. The van der Waals surface area contributed by atoms with Gasteiger partial charge in [0.1, 0.15) is 12.2 Å². The molecule has 3 aromatic heterocycles. The van der Waals surface area contributed by atoms with Gasteiger partial charge in [-0.1, -0.05) is 19.1 Å².